The number of allylic oxidation sites excluding steroid dienone is 2. The third kappa shape index (κ3) is 3.67. The van der Waals surface area contributed by atoms with Crippen molar-refractivity contribution in [3.8, 4) is 0 Å². The molecule has 0 bridgehead atoms. The lowest BCUT2D eigenvalue weighted by Crippen LogP contribution is -2.49. The Kier molecular flexibility index (Phi) is 4.55. The van der Waals surface area contributed by atoms with Crippen molar-refractivity contribution in [3.63, 3.8) is 0 Å². The molecule has 7 nitrogen and oxygen atoms in total. The van der Waals surface area contributed by atoms with Crippen LogP contribution in [-0.4, -0.2) is 46.9 Å². The molecular weight excluding hydrogens is 296 g/mol. The van der Waals surface area contributed by atoms with Gasteiger partial charge in [-0.15, -0.1) is 0 Å². The van der Waals surface area contributed by atoms with Crippen molar-refractivity contribution in [1.29, 1.82) is 0 Å². The van der Waals surface area contributed by atoms with Crippen LogP contribution in [-0.2, 0) is 4.79 Å². The molecule has 2 aliphatic rings. The van der Waals surface area contributed by atoms with Gasteiger partial charge >= 0.3 is 5.82 Å². The number of anilines is 1. The van der Waals surface area contributed by atoms with Gasteiger partial charge in [-0.3, -0.25) is 4.79 Å². The number of carbonyl (C=O) groups is 1. The number of aromatic nitrogens is 1. The van der Waals surface area contributed by atoms with Crippen LogP contribution in [0.5, 0.6) is 0 Å². The Bertz CT molecular complexity index is 606. The number of nitro groups is 1. The summed E-state index contributed by atoms with van der Waals surface area (Å²) in [4.78, 5) is 30.3. The maximum absolute atomic E-state index is 12.3. The molecule has 1 atom stereocenters. The lowest BCUT2D eigenvalue weighted by molar-refractivity contribution is -0.389. The predicted octanol–water partition coefficient (Wildman–Crippen LogP) is 1.99. The van der Waals surface area contributed by atoms with Gasteiger partial charge in [0.05, 0.1) is 5.69 Å². The lowest BCUT2D eigenvalue weighted by atomic mass is 10.0. The van der Waals surface area contributed by atoms with Gasteiger partial charge in [0.25, 0.3) is 0 Å². The Morgan fingerprint density at radius 3 is 2.65 bits per heavy atom. The maximum atomic E-state index is 12.3. The molecular formula is C16H20N4O3. The number of piperazine rings is 1. The summed E-state index contributed by atoms with van der Waals surface area (Å²) >= 11 is 0. The zero-order valence-corrected chi connectivity index (χ0v) is 12.9. The molecule has 122 valence electrons. The zero-order chi connectivity index (χ0) is 16.2. The van der Waals surface area contributed by atoms with Crippen molar-refractivity contribution < 1.29 is 9.72 Å². The fraction of sp³-hybridized carbons (Fsp3) is 0.500. The number of amides is 1. The summed E-state index contributed by atoms with van der Waals surface area (Å²) in [5.74, 6) is 0.481. The molecule has 0 radical (unpaired) electrons. The normalized spacial score (nSPS) is 20.8. The summed E-state index contributed by atoms with van der Waals surface area (Å²) in [5.41, 5.74) is 0.862. The molecule has 0 N–H and O–H groups in total. The second kappa shape index (κ2) is 6.76. The van der Waals surface area contributed by atoms with Gasteiger partial charge in [0.1, 0.15) is 0 Å². The van der Waals surface area contributed by atoms with Gasteiger partial charge in [-0.25, -0.2) is 0 Å². The summed E-state index contributed by atoms with van der Waals surface area (Å²) in [6, 6.07) is 3.13. The van der Waals surface area contributed by atoms with E-state index >= 15 is 0 Å². The standard InChI is InChI=1S/C16H20N4O3/c21-16(11-13-3-1-2-4-13)19-9-7-18(8-10-19)14-5-6-15(17-12-14)20(22)23/h1,3,5-6,12-13H,2,4,7-11H2/t13-/m1/s1. The van der Waals surface area contributed by atoms with Crippen molar-refractivity contribution in [1.82, 2.24) is 9.88 Å². The molecule has 1 aromatic rings. The van der Waals surface area contributed by atoms with E-state index in [0.29, 0.717) is 25.4 Å². The highest BCUT2D eigenvalue weighted by Gasteiger charge is 2.24. The van der Waals surface area contributed by atoms with Crippen LogP contribution in [0.15, 0.2) is 30.5 Å². The van der Waals surface area contributed by atoms with Crippen LogP contribution < -0.4 is 4.90 Å². The Morgan fingerprint density at radius 2 is 2.09 bits per heavy atom. The number of nitrogens with zero attached hydrogens (tertiary/aromatic N) is 4. The SMILES string of the molecule is O=C(C[C@@H]1C=CCC1)N1CCN(c2ccc([N+](=O)[O-])nc2)CC1. The maximum Gasteiger partial charge on any atom is 0.363 e. The Hall–Kier alpha value is -2.44. The molecule has 0 aromatic carbocycles. The topological polar surface area (TPSA) is 79.6 Å². The largest absolute Gasteiger partial charge is 0.365 e. The molecule has 1 aliphatic carbocycles. The van der Waals surface area contributed by atoms with Crippen LogP contribution in [0.4, 0.5) is 11.5 Å². The Morgan fingerprint density at radius 1 is 1.30 bits per heavy atom. The van der Waals surface area contributed by atoms with Crippen LogP contribution in [0.2, 0.25) is 0 Å². The van der Waals surface area contributed by atoms with E-state index in [9.17, 15) is 14.9 Å². The second-order valence-corrected chi connectivity index (χ2v) is 5.97. The van der Waals surface area contributed by atoms with E-state index in [1.165, 1.54) is 12.3 Å². The highest BCUT2D eigenvalue weighted by Crippen LogP contribution is 2.22. The van der Waals surface area contributed by atoms with Crippen molar-refractivity contribution >= 4 is 17.4 Å². The Balaban J connectivity index is 1.52. The second-order valence-electron chi connectivity index (χ2n) is 5.97. The number of hydrogen-bond donors (Lipinski definition) is 0. The van der Waals surface area contributed by atoms with Crippen LogP contribution >= 0.6 is 0 Å². The monoisotopic (exact) mass is 316 g/mol. The van der Waals surface area contributed by atoms with E-state index in [2.05, 4.69) is 22.0 Å². The quantitative estimate of drug-likeness (QED) is 0.482. The molecule has 3 rings (SSSR count). The molecule has 0 saturated carbocycles. The minimum absolute atomic E-state index is 0.146. The first-order valence-electron chi connectivity index (χ1n) is 7.93. The van der Waals surface area contributed by atoms with Crippen molar-refractivity contribution in [2.75, 3.05) is 31.1 Å². The van der Waals surface area contributed by atoms with Crippen LogP contribution in [0, 0.1) is 16.0 Å². The zero-order valence-electron chi connectivity index (χ0n) is 12.9. The van der Waals surface area contributed by atoms with Gasteiger partial charge < -0.3 is 19.9 Å². The van der Waals surface area contributed by atoms with Gasteiger partial charge in [-0.05, 0) is 34.7 Å². The van der Waals surface area contributed by atoms with Crippen LogP contribution in [0.3, 0.4) is 0 Å². The Labute approximate surface area is 134 Å². The average Bonchev–Trinajstić information content (AvgIpc) is 3.08. The molecule has 7 heteroatoms. The predicted molar refractivity (Wildman–Crippen MR) is 86.2 cm³/mol. The molecule has 1 amide bonds. The number of pyridine rings is 1. The number of hydrogen-bond acceptors (Lipinski definition) is 5. The first kappa shape index (κ1) is 15.5. The summed E-state index contributed by atoms with van der Waals surface area (Å²) in [7, 11) is 0. The molecule has 1 aliphatic heterocycles. The number of carbonyl (C=O) groups excluding carboxylic acids is 1. The molecule has 0 unspecified atom stereocenters. The van der Waals surface area contributed by atoms with E-state index in [1.807, 2.05) is 4.90 Å². The summed E-state index contributed by atoms with van der Waals surface area (Å²) < 4.78 is 0. The summed E-state index contributed by atoms with van der Waals surface area (Å²) in [6.45, 7) is 2.83. The van der Waals surface area contributed by atoms with E-state index in [4.69, 9.17) is 0 Å². The van der Waals surface area contributed by atoms with Crippen molar-refractivity contribution in [2.24, 2.45) is 5.92 Å². The van der Waals surface area contributed by atoms with Gasteiger partial charge in [-0.1, -0.05) is 12.2 Å². The molecule has 1 aromatic heterocycles. The van der Waals surface area contributed by atoms with Gasteiger partial charge in [0.2, 0.25) is 5.91 Å². The average molecular weight is 316 g/mol. The third-order valence-electron chi connectivity index (χ3n) is 4.47. The van der Waals surface area contributed by atoms with E-state index in [1.54, 1.807) is 6.07 Å². The first-order valence-corrected chi connectivity index (χ1v) is 7.93. The minimum atomic E-state index is -0.502. The summed E-state index contributed by atoms with van der Waals surface area (Å²) in [5, 5.41) is 10.6. The highest BCUT2D eigenvalue weighted by molar-refractivity contribution is 5.77. The summed E-state index contributed by atoms with van der Waals surface area (Å²) in [6.07, 6.45) is 8.60. The van der Waals surface area contributed by atoms with Gasteiger partial charge in [-0.2, -0.15) is 0 Å². The number of rotatable bonds is 4. The van der Waals surface area contributed by atoms with Crippen LogP contribution in [0.25, 0.3) is 0 Å². The first-order chi connectivity index (χ1) is 11.1. The van der Waals surface area contributed by atoms with Gasteiger partial charge in [0.15, 0.2) is 6.20 Å². The van der Waals surface area contributed by atoms with E-state index < -0.39 is 4.92 Å². The fourth-order valence-electron chi connectivity index (χ4n) is 3.11. The molecule has 1 saturated heterocycles. The molecule has 23 heavy (non-hydrogen) atoms. The minimum Gasteiger partial charge on any atom is -0.365 e. The molecule has 1 fully saturated rings. The smallest absolute Gasteiger partial charge is 0.363 e. The van der Waals surface area contributed by atoms with Crippen molar-refractivity contribution in [2.45, 2.75) is 19.3 Å². The highest BCUT2D eigenvalue weighted by atomic mass is 16.6. The van der Waals surface area contributed by atoms with Crippen LogP contribution in [0.1, 0.15) is 19.3 Å². The van der Waals surface area contributed by atoms with Gasteiger partial charge in [0, 0.05) is 38.7 Å². The molecule has 2 heterocycles. The third-order valence-corrected chi connectivity index (χ3v) is 4.47. The van der Waals surface area contributed by atoms with E-state index in [0.717, 1.165) is 31.6 Å². The molecule has 0 spiro atoms. The van der Waals surface area contributed by atoms with E-state index in [-0.39, 0.29) is 11.7 Å². The fourth-order valence-corrected chi connectivity index (χ4v) is 3.11. The lowest BCUT2D eigenvalue weighted by Gasteiger charge is -2.36. The van der Waals surface area contributed by atoms with Crippen molar-refractivity contribution in [3.05, 3.63) is 40.6 Å².